The van der Waals surface area contributed by atoms with Crippen molar-refractivity contribution in [2.24, 2.45) is 0 Å². The Morgan fingerprint density at radius 2 is 2.13 bits per heavy atom. The van der Waals surface area contributed by atoms with E-state index in [1.807, 2.05) is 0 Å². The maximum Gasteiger partial charge on any atom is 0.416 e. The Morgan fingerprint density at radius 3 is 2.70 bits per heavy atom. The highest BCUT2D eigenvalue weighted by molar-refractivity contribution is 5.95. The summed E-state index contributed by atoms with van der Waals surface area (Å²) in [7, 11) is 1.13. The van der Waals surface area contributed by atoms with Crippen LogP contribution in [0.15, 0.2) is 12.1 Å². The molecule has 1 saturated heterocycles. The Bertz CT molecular complexity index is 569. The molecule has 23 heavy (non-hydrogen) atoms. The van der Waals surface area contributed by atoms with Crippen LogP contribution < -0.4 is 5.73 Å². The van der Waals surface area contributed by atoms with Crippen molar-refractivity contribution in [1.82, 2.24) is 0 Å². The molecule has 1 fully saturated rings. The van der Waals surface area contributed by atoms with E-state index in [1.54, 1.807) is 0 Å². The van der Waals surface area contributed by atoms with E-state index in [-0.39, 0.29) is 23.4 Å². The molecule has 128 valence electrons. The molecule has 0 bridgehead atoms. The number of anilines is 1. The predicted molar refractivity (Wildman–Crippen MR) is 75.6 cm³/mol. The van der Waals surface area contributed by atoms with Crippen LogP contribution in [0.3, 0.4) is 0 Å². The molecule has 0 radical (unpaired) electrons. The molecule has 1 aliphatic heterocycles. The largest absolute Gasteiger partial charge is 0.465 e. The third-order valence-electron chi connectivity index (χ3n) is 3.55. The van der Waals surface area contributed by atoms with E-state index in [9.17, 15) is 18.0 Å². The summed E-state index contributed by atoms with van der Waals surface area (Å²) in [5, 5.41) is 0. The average molecular weight is 333 g/mol. The molecule has 1 aromatic carbocycles. The van der Waals surface area contributed by atoms with Gasteiger partial charge in [0.1, 0.15) is 0 Å². The van der Waals surface area contributed by atoms with Gasteiger partial charge in [0.25, 0.3) is 0 Å². The van der Waals surface area contributed by atoms with Crippen LogP contribution in [0.25, 0.3) is 0 Å². The molecule has 1 aliphatic rings. The Kier molecular flexibility index (Phi) is 5.48. The number of esters is 1. The second-order valence-corrected chi connectivity index (χ2v) is 5.19. The molecule has 0 amide bonds. The van der Waals surface area contributed by atoms with Gasteiger partial charge in [-0.25, -0.2) is 4.79 Å². The Balaban J connectivity index is 2.27. The summed E-state index contributed by atoms with van der Waals surface area (Å²) in [6.07, 6.45) is -2.72. The van der Waals surface area contributed by atoms with Gasteiger partial charge in [-0.1, -0.05) is 0 Å². The number of alkyl halides is 3. The van der Waals surface area contributed by atoms with E-state index in [0.29, 0.717) is 13.0 Å². The summed E-state index contributed by atoms with van der Waals surface area (Å²) in [5.41, 5.74) is 4.01. The fourth-order valence-corrected chi connectivity index (χ4v) is 2.36. The average Bonchev–Trinajstić information content (AvgIpc) is 2.52. The second-order valence-electron chi connectivity index (χ2n) is 5.19. The van der Waals surface area contributed by atoms with Crippen LogP contribution in [0.5, 0.6) is 0 Å². The highest BCUT2D eigenvalue weighted by Gasteiger charge is 2.35. The molecule has 0 aromatic heterocycles. The van der Waals surface area contributed by atoms with Crippen molar-refractivity contribution in [2.75, 3.05) is 19.5 Å². The monoisotopic (exact) mass is 333 g/mol. The van der Waals surface area contributed by atoms with E-state index in [0.717, 1.165) is 32.1 Å². The number of rotatable bonds is 4. The van der Waals surface area contributed by atoms with Gasteiger partial charge >= 0.3 is 12.1 Å². The minimum atomic E-state index is -4.60. The van der Waals surface area contributed by atoms with Crippen LogP contribution in [0, 0.1) is 0 Å². The van der Waals surface area contributed by atoms with Crippen molar-refractivity contribution < 1.29 is 32.2 Å². The highest BCUT2D eigenvalue weighted by atomic mass is 19.4. The third-order valence-corrected chi connectivity index (χ3v) is 3.55. The Hall–Kier alpha value is -1.80. The van der Waals surface area contributed by atoms with E-state index in [4.69, 9.17) is 15.2 Å². The molecule has 0 aliphatic carbocycles. The first-order chi connectivity index (χ1) is 10.8. The van der Waals surface area contributed by atoms with Crippen LogP contribution in [0.2, 0.25) is 0 Å². The van der Waals surface area contributed by atoms with Crippen molar-refractivity contribution in [3.8, 4) is 0 Å². The number of nitrogen functional groups attached to an aromatic ring is 1. The van der Waals surface area contributed by atoms with Gasteiger partial charge in [-0.15, -0.1) is 0 Å². The van der Waals surface area contributed by atoms with Gasteiger partial charge in [0.05, 0.1) is 24.8 Å². The van der Waals surface area contributed by atoms with Crippen LogP contribution in [-0.2, 0) is 27.0 Å². The van der Waals surface area contributed by atoms with Crippen LogP contribution in [0.4, 0.5) is 18.9 Å². The zero-order chi connectivity index (χ0) is 17.0. The minimum Gasteiger partial charge on any atom is -0.465 e. The number of ether oxygens (including phenoxy) is 3. The van der Waals surface area contributed by atoms with Gasteiger partial charge in [0.2, 0.25) is 0 Å². The number of hydrogen-bond donors (Lipinski definition) is 1. The lowest BCUT2D eigenvalue weighted by Crippen LogP contribution is -2.23. The summed E-state index contributed by atoms with van der Waals surface area (Å²) in [6, 6.07) is 1.79. The molecule has 5 nitrogen and oxygen atoms in total. The van der Waals surface area contributed by atoms with Crippen LogP contribution in [-0.4, -0.2) is 26.0 Å². The molecule has 0 spiro atoms. The van der Waals surface area contributed by atoms with E-state index in [2.05, 4.69) is 4.74 Å². The van der Waals surface area contributed by atoms with Crippen molar-refractivity contribution >= 4 is 11.7 Å². The van der Waals surface area contributed by atoms with E-state index < -0.39 is 24.0 Å². The number of benzene rings is 1. The fourth-order valence-electron chi connectivity index (χ4n) is 2.36. The minimum absolute atomic E-state index is 0.122. The highest BCUT2D eigenvalue weighted by Crippen LogP contribution is 2.35. The van der Waals surface area contributed by atoms with Crippen molar-refractivity contribution in [3.05, 3.63) is 28.8 Å². The standard InChI is InChI=1S/C15H18F3NO4/c1-21-14(20)10-6-9(8-23-13-4-2-3-5-22-13)11(7-12(10)19)15(16,17)18/h6-7,13H,2-5,8,19H2,1H3. The summed E-state index contributed by atoms with van der Waals surface area (Å²) in [4.78, 5) is 11.6. The molecule has 1 unspecified atom stereocenters. The number of nitrogens with two attached hydrogens (primary N) is 1. The molecule has 1 atom stereocenters. The van der Waals surface area contributed by atoms with Gasteiger partial charge in [-0.05, 0) is 37.0 Å². The summed E-state index contributed by atoms with van der Waals surface area (Å²) in [6.45, 7) is 0.190. The van der Waals surface area contributed by atoms with Gasteiger partial charge in [0, 0.05) is 12.3 Å². The van der Waals surface area contributed by atoms with Gasteiger partial charge in [0.15, 0.2) is 6.29 Å². The number of carbonyl (C=O) groups excluding carboxylic acids is 1. The summed E-state index contributed by atoms with van der Waals surface area (Å²) < 4.78 is 54.7. The Labute approximate surface area is 131 Å². The second kappa shape index (κ2) is 7.18. The molecule has 1 aromatic rings. The quantitative estimate of drug-likeness (QED) is 0.677. The smallest absolute Gasteiger partial charge is 0.416 e. The van der Waals surface area contributed by atoms with Crippen molar-refractivity contribution in [2.45, 2.75) is 38.3 Å². The lowest BCUT2D eigenvalue weighted by molar-refractivity contribution is -0.171. The van der Waals surface area contributed by atoms with Gasteiger partial charge in [-0.2, -0.15) is 13.2 Å². The summed E-state index contributed by atoms with van der Waals surface area (Å²) >= 11 is 0. The molecular formula is C15H18F3NO4. The SMILES string of the molecule is COC(=O)c1cc(COC2CCCCO2)c(C(F)(F)F)cc1N. The topological polar surface area (TPSA) is 70.8 Å². The van der Waals surface area contributed by atoms with Crippen LogP contribution >= 0.6 is 0 Å². The molecule has 1 heterocycles. The summed E-state index contributed by atoms with van der Waals surface area (Å²) in [5.74, 6) is -0.800. The number of carbonyl (C=O) groups is 1. The molecule has 2 N–H and O–H groups in total. The fraction of sp³-hybridized carbons (Fsp3) is 0.533. The molecule has 8 heteroatoms. The van der Waals surface area contributed by atoms with E-state index in [1.165, 1.54) is 0 Å². The van der Waals surface area contributed by atoms with Crippen molar-refractivity contribution in [3.63, 3.8) is 0 Å². The molecule has 0 saturated carbocycles. The van der Waals surface area contributed by atoms with Crippen LogP contribution in [0.1, 0.15) is 40.7 Å². The zero-order valence-corrected chi connectivity index (χ0v) is 12.6. The van der Waals surface area contributed by atoms with Gasteiger partial charge in [-0.3, -0.25) is 0 Å². The molecule has 2 rings (SSSR count). The number of methoxy groups -OCH3 is 1. The lowest BCUT2D eigenvalue weighted by atomic mass is 10.0. The number of halogens is 3. The first-order valence-corrected chi connectivity index (χ1v) is 7.14. The van der Waals surface area contributed by atoms with Crippen molar-refractivity contribution in [1.29, 1.82) is 0 Å². The van der Waals surface area contributed by atoms with E-state index >= 15 is 0 Å². The maximum atomic E-state index is 13.2. The first kappa shape index (κ1) is 17.6. The normalized spacial score (nSPS) is 18.7. The number of hydrogen-bond acceptors (Lipinski definition) is 5. The van der Waals surface area contributed by atoms with Gasteiger partial charge < -0.3 is 19.9 Å². The first-order valence-electron chi connectivity index (χ1n) is 7.14. The third kappa shape index (κ3) is 4.35. The predicted octanol–water partition coefficient (Wildman–Crippen LogP) is 3.12. The molecular weight excluding hydrogens is 315 g/mol. The maximum absolute atomic E-state index is 13.2. The lowest BCUT2D eigenvalue weighted by Gasteiger charge is -2.24. The zero-order valence-electron chi connectivity index (χ0n) is 12.6. The Morgan fingerprint density at radius 1 is 1.39 bits per heavy atom.